The van der Waals surface area contributed by atoms with Gasteiger partial charge in [0, 0.05) is 17.5 Å². The van der Waals surface area contributed by atoms with E-state index in [1.165, 1.54) is 6.07 Å². The van der Waals surface area contributed by atoms with Crippen molar-refractivity contribution in [2.24, 2.45) is 0 Å². The highest BCUT2D eigenvalue weighted by Crippen LogP contribution is 2.16. The molecule has 13 heavy (non-hydrogen) atoms. The van der Waals surface area contributed by atoms with Crippen LogP contribution in [0.15, 0.2) is 12.3 Å². The Morgan fingerprint density at radius 2 is 2.00 bits per heavy atom. The fraction of sp³-hybridized carbons (Fsp3) is 0.300. The van der Waals surface area contributed by atoms with E-state index < -0.39 is 0 Å². The summed E-state index contributed by atoms with van der Waals surface area (Å²) in [5.41, 5.74) is 3.35. The van der Waals surface area contributed by atoms with Crippen LogP contribution in [0.2, 0.25) is 0 Å². The molecule has 0 bridgehead atoms. The molecule has 0 saturated heterocycles. The Kier molecular flexibility index (Phi) is 1.62. The topological polar surface area (TPSA) is 17.3 Å². The van der Waals surface area contributed by atoms with Gasteiger partial charge < -0.3 is 4.40 Å². The summed E-state index contributed by atoms with van der Waals surface area (Å²) in [6, 6.07) is 1.47. The lowest BCUT2D eigenvalue weighted by Gasteiger charge is -1.99. The molecule has 0 amide bonds. The predicted octanol–water partition coefficient (Wildman–Crippen LogP) is 2.40. The van der Waals surface area contributed by atoms with Crippen LogP contribution in [0.3, 0.4) is 0 Å². The van der Waals surface area contributed by atoms with Gasteiger partial charge in [-0.2, -0.15) is 0 Å². The van der Waals surface area contributed by atoms with E-state index >= 15 is 0 Å². The summed E-state index contributed by atoms with van der Waals surface area (Å²) in [6.45, 7) is 5.66. The Hall–Kier alpha value is -1.38. The van der Waals surface area contributed by atoms with Crippen molar-refractivity contribution in [2.75, 3.05) is 0 Å². The summed E-state index contributed by atoms with van der Waals surface area (Å²) >= 11 is 0. The molecule has 0 radical (unpaired) electrons. The number of imidazole rings is 1. The lowest BCUT2D eigenvalue weighted by Crippen LogP contribution is -1.92. The van der Waals surface area contributed by atoms with Gasteiger partial charge in [0.05, 0.1) is 5.69 Å². The van der Waals surface area contributed by atoms with Gasteiger partial charge in [0.1, 0.15) is 11.5 Å². The standard InChI is InChI=1S/C10H11FN2/c1-6-9(11)4-5-13-8(3)7(2)12-10(6)13/h4-5H,1-3H3. The van der Waals surface area contributed by atoms with Crippen LogP contribution in [0.5, 0.6) is 0 Å². The zero-order valence-electron chi connectivity index (χ0n) is 7.93. The minimum Gasteiger partial charge on any atom is -0.304 e. The number of rotatable bonds is 0. The quantitative estimate of drug-likeness (QED) is 0.605. The van der Waals surface area contributed by atoms with Gasteiger partial charge in [0.2, 0.25) is 0 Å². The molecule has 0 atom stereocenters. The molecule has 2 aromatic rings. The van der Waals surface area contributed by atoms with Crippen molar-refractivity contribution < 1.29 is 4.39 Å². The molecule has 0 aromatic carbocycles. The number of pyridine rings is 1. The predicted molar refractivity (Wildman–Crippen MR) is 49.4 cm³/mol. The number of aromatic nitrogens is 2. The Bertz CT molecular complexity index is 471. The fourth-order valence-electron chi connectivity index (χ4n) is 1.45. The van der Waals surface area contributed by atoms with Crippen LogP contribution in [0, 0.1) is 26.6 Å². The third kappa shape index (κ3) is 1.03. The van der Waals surface area contributed by atoms with E-state index in [0.717, 1.165) is 17.0 Å². The lowest BCUT2D eigenvalue weighted by atomic mass is 10.3. The summed E-state index contributed by atoms with van der Waals surface area (Å²) in [7, 11) is 0. The van der Waals surface area contributed by atoms with Crippen molar-refractivity contribution in [1.82, 2.24) is 9.38 Å². The first kappa shape index (κ1) is 8.23. The number of fused-ring (bicyclic) bond motifs is 1. The van der Waals surface area contributed by atoms with Crippen molar-refractivity contribution in [1.29, 1.82) is 0 Å². The van der Waals surface area contributed by atoms with Gasteiger partial charge in [-0.25, -0.2) is 9.37 Å². The highest BCUT2D eigenvalue weighted by atomic mass is 19.1. The van der Waals surface area contributed by atoms with Crippen LogP contribution >= 0.6 is 0 Å². The number of hydrogen-bond donors (Lipinski definition) is 0. The first-order valence-corrected chi connectivity index (χ1v) is 4.21. The van der Waals surface area contributed by atoms with Crippen molar-refractivity contribution in [3.8, 4) is 0 Å². The van der Waals surface area contributed by atoms with E-state index in [1.807, 2.05) is 18.2 Å². The highest BCUT2D eigenvalue weighted by Gasteiger charge is 2.08. The average Bonchev–Trinajstić information content (AvgIpc) is 2.38. The van der Waals surface area contributed by atoms with Crippen molar-refractivity contribution in [3.63, 3.8) is 0 Å². The molecule has 2 aromatic heterocycles. The normalized spacial score (nSPS) is 11.1. The second kappa shape index (κ2) is 2.55. The molecule has 0 fully saturated rings. The van der Waals surface area contributed by atoms with Crippen LogP contribution in [-0.2, 0) is 0 Å². The van der Waals surface area contributed by atoms with E-state index in [9.17, 15) is 4.39 Å². The Labute approximate surface area is 76.0 Å². The number of aryl methyl sites for hydroxylation is 3. The SMILES string of the molecule is Cc1nc2c(C)c(F)ccn2c1C. The highest BCUT2D eigenvalue weighted by molar-refractivity contribution is 5.50. The molecular formula is C10H11FN2. The molecule has 0 spiro atoms. The minimum absolute atomic E-state index is 0.197. The lowest BCUT2D eigenvalue weighted by molar-refractivity contribution is 0.617. The maximum atomic E-state index is 13.1. The molecule has 0 aliphatic rings. The molecule has 68 valence electrons. The molecular weight excluding hydrogens is 167 g/mol. The van der Waals surface area contributed by atoms with E-state index in [1.54, 1.807) is 13.1 Å². The first-order valence-electron chi connectivity index (χ1n) is 4.21. The van der Waals surface area contributed by atoms with Gasteiger partial charge >= 0.3 is 0 Å². The van der Waals surface area contributed by atoms with Gasteiger partial charge in [0.15, 0.2) is 0 Å². The maximum absolute atomic E-state index is 13.1. The first-order chi connectivity index (χ1) is 6.11. The van der Waals surface area contributed by atoms with Crippen LogP contribution in [0.4, 0.5) is 4.39 Å². The van der Waals surface area contributed by atoms with E-state index in [0.29, 0.717) is 5.56 Å². The molecule has 2 rings (SSSR count). The number of nitrogens with zero attached hydrogens (tertiary/aromatic N) is 2. The summed E-state index contributed by atoms with van der Waals surface area (Å²) < 4.78 is 15.0. The number of halogens is 1. The summed E-state index contributed by atoms with van der Waals surface area (Å²) in [5.74, 6) is -0.197. The summed E-state index contributed by atoms with van der Waals surface area (Å²) in [4.78, 5) is 4.30. The zero-order chi connectivity index (χ0) is 9.59. The average molecular weight is 178 g/mol. The second-order valence-electron chi connectivity index (χ2n) is 3.26. The third-order valence-corrected chi connectivity index (χ3v) is 2.45. The second-order valence-corrected chi connectivity index (χ2v) is 3.26. The van der Waals surface area contributed by atoms with Gasteiger partial charge in [-0.05, 0) is 26.8 Å². The van der Waals surface area contributed by atoms with Crippen LogP contribution in [0.25, 0.3) is 5.65 Å². The molecule has 2 heterocycles. The molecule has 0 aliphatic heterocycles. The van der Waals surface area contributed by atoms with Crippen LogP contribution in [-0.4, -0.2) is 9.38 Å². The summed E-state index contributed by atoms with van der Waals surface area (Å²) in [5, 5.41) is 0. The maximum Gasteiger partial charge on any atom is 0.143 e. The fourth-order valence-corrected chi connectivity index (χ4v) is 1.45. The molecule has 2 nitrogen and oxygen atoms in total. The van der Waals surface area contributed by atoms with Crippen LogP contribution < -0.4 is 0 Å². The molecule has 0 aliphatic carbocycles. The van der Waals surface area contributed by atoms with Gasteiger partial charge in [0.25, 0.3) is 0 Å². The van der Waals surface area contributed by atoms with E-state index in [2.05, 4.69) is 4.98 Å². The largest absolute Gasteiger partial charge is 0.304 e. The molecule has 0 unspecified atom stereocenters. The number of hydrogen-bond acceptors (Lipinski definition) is 1. The van der Waals surface area contributed by atoms with E-state index in [4.69, 9.17) is 0 Å². The van der Waals surface area contributed by atoms with Crippen molar-refractivity contribution in [3.05, 3.63) is 35.0 Å². The van der Waals surface area contributed by atoms with Crippen LogP contribution in [0.1, 0.15) is 17.0 Å². The van der Waals surface area contributed by atoms with E-state index in [-0.39, 0.29) is 5.82 Å². The molecule has 0 N–H and O–H groups in total. The zero-order valence-corrected chi connectivity index (χ0v) is 7.93. The summed E-state index contributed by atoms with van der Waals surface area (Å²) in [6.07, 6.45) is 1.72. The van der Waals surface area contributed by atoms with Crippen molar-refractivity contribution in [2.45, 2.75) is 20.8 Å². The van der Waals surface area contributed by atoms with Gasteiger partial charge in [-0.3, -0.25) is 0 Å². The Balaban J connectivity index is 2.94. The smallest absolute Gasteiger partial charge is 0.143 e. The van der Waals surface area contributed by atoms with Crippen molar-refractivity contribution >= 4 is 5.65 Å². The Morgan fingerprint density at radius 1 is 1.31 bits per heavy atom. The monoisotopic (exact) mass is 178 g/mol. The molecule has 0 saturated carbocycles. The van der Waals surface area contributed by atoms with Gasteiger partial charge in [-0.1, -0.05) is 0 Å². The Morgan fingerprint density at radius 3 is 2.69 bits per heavy atom. The minimum atomic E-state index is -0.197. The third-order valence-electron chi connectivity index (χ3n) is 2.45. The molecule has 3 heteroatoms. The van der Waals surface area contributed by atoms with Gasteiger partial charge in [-0.15, -0.1) is 0 Å².